The molecule has 2 aliphatic rings. The van der Waals surface area contributed by atoms with Crippen molar-refractivity contribution in [3.63, 3.8) is 0 Å². The lowest BCUT2D eigenvalue weighted by Gasteiger charge is -2.33. The van der Waals surface area contributed by atoms with Crippen molar-refractivity contribution in [2.24, 2.45) is 5.92 Å². The number of nitrogens with zero attached hydrogens (tertiary/aromatic N) is 2. The SMILES string of the molecule is Cc1cccc(CN2CC[C@H]3C[C@H](C)O[C@@H]3C2)n1. The summed E-state index contributed by atoms with van der Waals surface area (Å²) in [6.45, 7) is 7.47. The quantitative estimate of drug-likeness (QED) is 0.801. The number of pyridine rings is 1. The monoisotopic (exact) mass is 246 g/mol. The van der Waals surface area contributed by atoms with E-state index >= 15 is 0 Å². The molecule has 0 unspecified atom stereocenters. The van der Waals surface area contributed by atoms with Gasteiger partial charge in [-0.1, -0.05) is 6.07 Å². The Hall–Kier alpha value is -0.930. The number of fused-ring (bicyclic) bond motifs is 1. The first kappa shape index (κ1) is 12.1. The van der Waals surface area contributed by atoms with Crippen LogP contribution in [-0.4, -0.2) is 35.2 Å². The standard InChI is InChI=1S/C15H22N2O/c1-11-4-3-5-14(16-11)9-17-7-6-13-8-12(2)18-15(13)10-17/h3-5,12-13,15H,6-10H2,1-2H3/t12-,13-,15+/m0/s1. The number of rotatable bonds is 2. The molecular weight excluding hydrogens is 224 g/mol. The van der Waals surface area contributed by atoms with Gasteiger partial charge in [0.25, 0.3) is 0 Å². The lowest BCUT2D eigenvalue weighted by atomic mass is 9.92. The summed E-state index contributed by atoms with van der Waals surface area (Å²) < 4.78 is 5.99. The Morgan fingerprint density at radius 1 is 1.44 bits per heavy atom. The topological polar surface area (TPSA) is 25.4 Å². The summed E-state index contributed by atoms with van der Waals surface area (Å²) in [5.74, 6) is 0.793. The number of aryl methyl sites for hydroxylation is 1. The zero-order valence-corrected chi connectivity index (χ0v) is 11.3. The number of likely N-dealkylation sites (tertiary alicyclic amines) is 1. The van der Waals surface area contributed by atoms with Crippen LogP contribution in [0.4, 0.5) is 0 Å². The molecule has 0 spiro atoms. The van der Waals surface area contributed by atoms with E-state index in [0.717, 1.165) is 24.7 Å². The molecule has 3 heteroatoms. The van der Waals surface area contributed by atoms with E-state index in [2.05, 4.69) is 41.9 Å². The average Bonchev–Trinajstić information content (AvgIpc) is 2.68. The molecule has 0 N–H and O–H groups in total. The van der Waals surface area contributed by atoms with Gasteiger partial charge in [-0.3, -0.25) is 9.88 Å². The summed E-state index contributed by atoms with van der Waals surface area (Å²) in [6, 6.07) is 6.27. The summed E-state index contributed by atoms with van der Waals surface area (Å²) >= 11 is 0. The molecule has 98 valence electrons. The lowest BCUT2D eigenvalue weighted by Crippen LogP contribution is -2.41. The highest BCUT2D eigenvalue weighted by Crippen LogP contribution is 2.33. The van der Waals surface area contributed by atoms with Crippen LogP contribution < -0.4 is 0 Å². The molecule has 3 heterocycles. The fraction of sp³-hybridized carbons (Fsp3) is 0.667. The molecule has 1 aromatic heterocycles. The Bertz CT molecular complexity index is 421. The van der Waals surface area contributed by atoms with Crippen LogP contribution in [-0.2, 0) is 11.3 Å². The summed E-state index contributed by atoms with van der Waals surface area (Å²) in [5, 5.41) is 0. The maximum atomic E-state index is 5.99. The molecule has 0 saturated carbocycles. The number of hydrogen-bond donors (Lipinski definition) is 0. The minimum Gasteiger partial charge on any atom is -0.374 e. The number of ether oxygens (including phenoxy) is 1. The highest BCUT2D eigenvalue weighted by molar-refractivity contribution is 5.10. The van der Waals surface area contributed by atoms with Crippen molar-refractivity contribution in [3.05, 3.63) is 29.6 Å². The molecule has 0 aliphatic carbocycles. The van der Waals surface area contributed by atoms with Gasteiger partial charge in [-0.25, -0.2) is 0 Å². The Morgan fingerprint density at radius 2 is 2.33 bits per heavy atom. The van der Waals surface area contributed by atoms with E-state index in [9.17, 15) is 0 Å². The minimum absolute atomic E-state index is 0.456. The Labute approximate surface area is 109 Å². The smallest absolute Gasteiger partial charge is 0.0735 e. The maximum absolute atomic E-state index is 5.99. The molecule has 0 amide bonds. The molecule has 18 heavy (non-hydrogen) atoms. The van der Waals surface area contributed by atoms with Gasteiger partial charge in [-0.15, -0.1) is 0 Å². The fourth-order valence-electron chi connectivity index (χ4n) is 3.29. The molecule has 3 atom stereocenters. The van der Waals surface area contributed by atoms with Crippen molar-refractivity contribution in [3.8, 4) is 0 Å². The van der Waals surface area contributed by atoms with Crippen LogP contribution in [0.25, 0.3) is 0 Å². The first-order chi connectivity index (χ1) is 8.70. The van der Waals surface area contributed by atoms with Crippen molar-refractivity contribution in [1.82, 2.24) is 9.88 Å². The largest absolute Gasteiger partial charge is 0.374 e. The first-order valence-corrected chi connectivity index (χ1v) is 7.01. The molecule has 2 saturated heterocycles. The third kappa shape index (κ3) is 2.57. The van der Waals surface area contributed by atoms with E-state index < -0.39 is 0 Å². The number of hydrogen-bond acceptors (Lipinski definition) is 3. The van der Waals surface area contributed by atoms with Gasteiger partial charge in [0.1, 0.15) is 0 Å². The van der Waals surface area contributed by atoms with Gasteiger partial charge < -0.3 is 4.74 Å². The van der Waals surface area contributed by atoms with Gasteiger partial charge in [0.15, 0.2) is 0 Å². The number of aromatic nitrogens is 1. The van der Waals surface area contributed by atoms with Gasteiger partial charge in [0, 0.05) is 18.8 Å². The molecule has 1 aromatic rings. The van der Waals surface area contributed by atoms with Crippen LogP contribution in [0.2, 0.25) is 0 Å². The predicted octanol–water partition coefficient (Wildman–Crippen LogP) is 2.39. The van der Waals surface area contributed by atoms with Crippen LogP contribution in [0.15, 0.2) is 18.2 Å². The second-order valence-corrected chi connectivity index (χ2v) is 5.78. The van der Waals surface area contributed by atoms with Crippen molar-refractivity contribution >= 4 is 0 Å². The molecule has 2 aliphatic heterocycles. The van der Waals surface area contributed by atoms with Gasteiger partial charge in [0.2, 0.25) is 0 Å². The van der Waals surface area contributed by atoms with E-state index in [1.807, 2.05) is 0 Å². The molecule has 0 aromatic carbocycles. The lowest BCUT2D eigenvalue weighted by molar-refractivity contribution is -0.00305. The predicted molar refractivity (Wildman–Crippen MR) is 71.3 cm³/mol. The highest BCUT2D eigenvalue weighted by atomic mass is 16.5. The number of piperidine rings is 1. The van der Waals surface area contributed by atoms with Gasteiger partial charge in [0.05, 0.1) is 17.9 Å². The molecular formula is C15H22N2O. The van der Waals surface area contributed by atoms with E-state index in [1.54, 1.807) is 0 Å². The van der Waals surface area contributed by atoms with Gasteiger partial charge in [-0.2, -0.15) is 0 Å². The average molecular weight is 246 g/mol. The second-order valence-electron chi connectivity index (χ2n) is 5.78. The molecule has 0 radical (unpaired) electrons. The third-order valence-corrected chi connectivity index (χ3v) is 4.15. The molecule has 3 rings (SSSR count). The molecule has 3 nitrogen and oxygen atoms in total. The van der Waals surface area contributed by atoms with Crippen molar-refractivity contribution < 1.29 is 4.74 Å². The maximum Gasteiger partial charge on any atom is 0.0735 e. The highest BCUT2D eigenvalue weighted by Gasteiger charge is 2.37. The Kier molecular flexibility index (Phi) is 3.35. The van der Waals surface area contributed by atoms with Crippen LogP contribution in [0.5, 0.6) is 0 Å². The first-order valence-electron chi connectivity index (χ1n) is 7.01. The zero-order valence-electron chi connectivity index (χ0n) is 11.3. The molecule has 0 bridgehead atoms. The molecule has 2 fully saturated rings. The summed E-state index contributed by atoms with van der Waals surface area (Å²) in [4.78, 5) is 7.07. The third-order valence-electron chi connectivity index (χ3n) is 4.15. The summed E-state index contributed by atoms with van der Waals surface area (Å²) in [7, 11) is 0. The van der Waals surface area contributed by atoms with Crippen LogP contribution >= 0.6 is 0 Å². The van der Waals surface area contributed by atoms with Crippen molar-refractivity contribution in [2.75, 3.05) is 13.1 Å². The summed E-state index contributed by atoms with van der Waals surface area (Å²) in [6.07, 6.45) is 3.44. The zero-order chi connectivity index (χ0) is 12.5. The Balaban J connectivity index is 1.61. The van der Waals surface area contributed by atoms with E-state index in [1.165, 1.54) is 25.1 Å². The normalized spacial score (nSPS) is 32.4. The van der Waals surface area contributed by atoms with E-state index in [-0.39, 0.29) is 0 Å². The summed E-state index contributed by atoms with van der Waals surface area (Å²) in [5.41, 5.74) is 2.28. The van der Waals surface area contributed by atoms with E-state index in [0.29, 0.717) is 12.2 Å². The second kappa shape index (κ2) is 4.98. The minimum atomic E-state index is 0.456. The van der Waals surface area contributed by atoms with Gasteiger partial charge >= 0.3 is 0 Å². The fourth-order valence-corrected chi connectivity index (χ4v) is 3.29. The van der Waals surface area contributed by atoms with Crippen molar-refractivity contribution in [2.45, 2.75) is 45.4 Å². The Morgan fingerprint density at radius 3 is 3.17 bits per heavy atom. The van der Waals surface area contributed by atoms with Crippen molar-refractivity contribution in [1.29, 1.82) is 0 Å². The van der Waals surface area contributed by atoms with Gasteiger partial charge in [-0.05, 0) is 51.3 Å². The van der Waals surface area contributed by atoms with Crippen LogP contribution in [0, 0.1) is 12.8 Å². The van der Waals surface area contributed by atoms with Crippen LogP contribution in [0.1, 0.15) is 31.2 Å². The van der Waals surface area contributed by atoms with E-state index in [4.69, 9.17) is 4.74 Å². The van der Waals surface area contributed by atoms with Crippen LogP contribution in [0.3, 0.4) is 0 Å².